The molecule has 2 aromatic heterocycles. The van der Waals surface area contributed by atoms with Crippen LogP contribution in [0.5, 0.6) is 0 Å². The summed E-state index contributed by atoms with van der Waals surface area (Å²) in [7, 11) is 0. The molecule has 0 spiro atoms. The number of pyridine rings is 1. The van der Waals surface area contributed by atoms with Gasteiger partial charge in [-0.05, 0) is 38.1 Å². The number of para-hydroxylation sites is 1. The molecule has 1 N–H and O–H groups in total. The zero-order chi connectivity index (χ0) is 14.1. The van der Waals surface area contributed by atoms with Gasteiger partial charge in [0.05, 0.1) is 5.52 Å². The number of benzene rings is 1. The molecule has 1 fully saturated rings. The van der Waals surface area contributed by atoms with Crippen LogP contribution in [0, 0.1) is 0 Å². The highest BCUT2D eigenvalue weighted by molar-refractivity contribution is 5.85. The number of piperidine rings is 1. The van der Waals surface area contributed by atoms with E-state index >= 15 is 0 Å². The summed E-state index contributed by atoms with van der Waals surface area (Å²) >= 11 is 0. The van der Waals surface area contributed by atoms with E-state index in [0.717, 1.165) is 48.3 Å². The molecule has 1 aliphatic heterocycles. The van der Waals surface area contributed by atoms with E-state index in [1.165, 1.54) is 0 Å². The highest BCUT2D eigenvalue weighted by atomic mass is 35.5. The van der Waals surface area contributed by atoms with E-state index in [2.05, 4.69) is 26.5 Å². The topological polar surface area (TPSA) is 63.8 Å². The number of nitrogens with one attached hydrogen (secondary N) is 1. The van der Waals surface area contributed by atoms with Gasteiger partial charge in [0, 0.05) is 23.1 Å². The van der Waals surface area contributed by atoms with E-state index in [4.69, 9.17) is 4.52 Å². The molecular weight excluding hydrogens is 335 g/mol. The molecule has 0 saturated carbocycles. The van der Waals surface area contributed by atoms with E-state index < -0.39 is 0 Å². The second-order valence-corrected chi connectivity index (χ2v) is 5.40. The first-order chi connectivity index (χ1) is 10.4. The van der Waals surface area contributed by atoms with Crippen LogP contribution >= 0.6 is 24.8 Å². The summed E-state index contributed by atoms with van der Waals surface area (Å²) < 4.78 is 5.45. The highest BCUT2D eigenvalue weighted by Gasteiger charge is 2.21. The predicted molar refractivity (Wildman–Crippen MR) is 94.4 cm³/mol. The minimum atomic E-state index is 0. The van der Waals surface area contributed by atoms with Crippen LogP contribution in [0.15, 0.2) is 41.1 Å². The second-order valence-electron chi connectivity index (χ2n) is 5.40. The summed E-state index contributed by atoms with van der Waals surface area (Å²) in [5.74, 6) is 1.75. The average Bonchev–Trinajstić information content (AvgIpc) is 3.05. The Hall–Kier alpha value is -1.69. The van der Waals surface area contributed by atoms with Crippen LogP contribution in [0.3, 0.4) is 0 Å². The summed E-state index contributed by atoms with van der Waals surface area (Å²) in [6.45, 7) is 2.03. The van der Waals surface area contributed by atoms with Gasteiger partial charge in [0.25, 0.3) is 0 Å². The quantitative estimate of drug-likeness (QED) is 0.763. The lowest BCUT2D eigenvalue weighted by molar-refractivity contribution is 0.320. The molecule has 3 aromatic rings. The maximum absolute atomic E-state index is 5.45. The average molecular weight is 353 g/mol. The maximum Gasteiger partial charge on any atom is 0.230 e. The van der Waals surface area contributed by atoms with Crippen molar-refractivity contribution in [3.63, 3.8) is 0 Å². The van der Waals surface area contributed by atoms with Gasteiger partial charge < -0.3 is 9.84 Å². The Balaban J connectivity index is 0.000000960. The Morgan fingerprint density at radius 3 is 2.70 bits per heavy atom. The number of aromatic nitrogens is 3. The second kappa shape index (κ2) is 7.73. The fraction of sp³-hybridized carbons (Fsp3) is 0.312. The van der Waals surface area contributed by atoms with E-state index in [1.54, 1.807) is 6.20 Å². The lowest BCUT2D eigenvalue weighted by atomic mass is 9.98. The largest absolute Gasteiger partial charge is 0.339 e. The van der Waals surface area contributed by atoms with Crippen molar-refractivity contribution in [2.24, 2.45) is 0 Å². The van der Waals surface area contributed by atoms with Crippen LogP contribution < -0.4 is 5.32 Å². The van der Waals surface area contributed by atoms with Crippen molar-refractivity contribution in [3.05, 3.63) is 42.4 Å². The van der Waals surface area contributed by atoms with Crippen LogP contribution in [-0.2, 0) is 0 Å². The Morgan fingerprint density at radius 1 is 1.09 bits per heavy atom. The van der Waals surface area contributed by atoms with Gasteiger partial charge in [0.2, 0.25) is 11.7 Å². The van der Waals surface area contributed by atoms with Crippen molar-refractivity contribution in [3.8, 4) is 11.4 Å². The van der Waals surface area contributed by atoms with Gasteiger partial charge in [0.1, 0.15) is 0 Å². The lowest BCUT2D eigenvalue weighted by Gasteiger charge is -2.18. The SMILES string of the molecule is Cl.Cl.c1ccc2ncc(-c3noc(C4CCNCC4)n3)cc2c1. The third-order valence-electron chi connectivity index (χ3n) is 3.98. The van der Waals surface area contributed by atoms with Crippen molar-refractivity contribution >= 4 is 35.7 Å². The Kier molecular flexibility index (Phi) is 5.93. The molecule has 0 radical (unpaired) electrons. The number of rotatable bonds is 2. The molecule has 0 aliphatic carbocycles. The van der Waals surface area contributed by atoms with Crippen LogP contribution in [0.4, 0.5) is 0 Å². The van der Waals surface area contributed by atoms with Crippen molar-refractivity contribution in [2.75, 3.05) is 13.1 Å². The summed E-state index contributed by atoms with van der Waals surface area (Å²) in [6, 6.07) is 10.1. The lowest BCUT2D eigenvalue weighted by Crippen LogP contribution is -2.26. The van der Waals surface area contributed by atoms with Gasteiger partial charge in [-0.3, -0.25) is 4.98 Å². The smallest absolute Gasteiger partial charge is 0.230 e. The fourth-order valence-electron chi connectivity index (χ4n) is 2.78. The molecule has 5 nitrogen and oxygen atoms in total. The van der Waals surface area contributed by atoms with Crippen molar-refractivity contribution < 1.29 is 4.52 Å². The van der Waals surface area contributed by atoms with E-state index in [1.807, 2.05) is 24.3 Å². The first kappa shape index (κ1) is 17.7. The Bertz CT molecular complexity index is 771. The van der Waals surface area contributed by atoms with Gasteiger partial charge in [-0.25, -0.2) is 0 Å². The summed E-state index contributed by atoms with van der Waals surface area (Å²) in [5.41, 5.74) is 1.88. The third-order valence-corrected chi connectivity index (χ3v) is 3.98. The van der Waals surface area contributed by atoms with Crippen LogP contribution in [-0.4, -0.2) is 28.2 Å². The molecule has 0 amide bonds. The van der Waals surface area contributed by atoms with Gasteiger partial charge in [-0.2, -0.15) is 4.98 Å². The zero-order valence-corrected chi connectivity index (χ0v) is 14.1. The number of halogens is 2. The highest BCUT2D eigenvalue weighted by Crippen LogP contribution is 2.26. The number of hydrogen-bond acceptors (Lipinski definition) is 5. The molecule has 1 saturated heterocycles. The predicted octanol–water partition coefficient (Wildman–Crippen LogP) is 3.60. The van der Waals surface area contributed by atoms with Crippen LogP contribution in [0.1, 0.15) is 24.7 Å². The Morgan fingerprint density at radius 2 is 1.87 bits per heavy atom. The minimum absolute atomic E-state index is 0. The van der Waals surface area contributed by atoms with Gasteiger partial charge >= 0.3 is 0 Å². The summed E-state index contributed by atoms with van der Waals surface area (Å²) in [5, 5.41) is 8.55. The maximum atomic E-state index is 5.45. The van der Waals surface area contributed by atoms with Crippen molar-refractivity contribution in [2.45, 2.75) is 18.8 Å². The van der Waals surface area contributed by atoms with Crippen molar-refractivity contribution in [1.29, 1.82) is 0 Å². The monoisotopic (exact) mass is 352 g/mol. The fourth-order valence-corrected chi connectivity index (χ4v) is 2.78. The molecule has 23 heavy (non-hydrogen) atoms. The first-order valence-electron chi connectivity index (χ1n) is 7.29. The molecule has 122 valence electrons. The van der Waals surface area contributed by atoms with Gasteiger partial charge in [0.15, 0.2) is 0 Å². The van der Waals surface area contributed by atoms with Crippen molar-refractivity contribution in [1.82, 2.24) is 20.4 Å². The zero-order valence-electron chi connectivity index (χ0n) is 12.4. The molecule has 1 aliphatic rings. The van der Waals surface area contributed by atoms with E-state index in [9.17, 15) is 0 Å². The van der Waals surface area contributed by atoms with E-state index in [-0.39, 0.29) is 24.8 Å². The first-order valence-corrected chi connectivity index (χ1v) is 7.29. The summed E-state index contributed by atoms with van der Waals surface area (Å²) in [4.78, 5) is 9.01. The molecule has 3 heterocycles. The molecule has 0 atom stereocenters. The van der Waals surface area contributed by atoms with E-state index in [0.29, 0.717) is 11.7 Å². The minimum Gasteiger partial charge on any atom is -0.339 e. The Labute approximate surface area is 146 Å². The van der Waals surface area contributed by atoms with Crippen LogP contribution in [0.2, 0.25) is 0 Å². The molecule has 1 aromatic carbocycles. The third kappa shape index (κ3) is 3.63. The normalized spacial score (nSPS) is 15.0. The molecule has 4 rings (SSSR count). The summed E-state index contributed by atoms with van der Waals surface area (Å²) in [6.07, 6.45) is 3.91. The van der Waals surface area contributed by atoms with Gasteiger partial charge in [-0.1, -0.05) is 23.4 Å². The standard InChI is InChI=1S/C16H16N4O.2ClH/c1-2-4-14-12(3-1)9-13(10-18-14)15-19-16(21-20-15)11-5-7-17-8-6-11;;/h1-4,9-11,17H,5-8H2;2*1H. The van der Waals surface area contributed by atoms with Gasteiger partial charge in [-0.15, -0.1) is 24.8 Å². The number of nitrogens with zero attached hydrogens (tertiary/aromatic N) is 3. The number of fused-ring (bicyclic) bond motifs is 1. The number of hydrogen-bond donors (Lipinski definition) is 1. The molecular formula is C16H18Cl2N4O. The molecule has 0 unspecified atom stereocenters. The molecule has 0 bridgehead atoms. The van der Waals surface area contributed by atoms with Crippen LogP contribution in [0.25, 0.3) is 22.3 Å². The molecule has 7 heteroatoms.